The summed E-state index contributed by atoms with van der Waals surface area (Å²) in [7, 11) is 0. The van der Waals surface area contributed by atoms with E-state index in [2.05, 4.69) is 15.0 Å². The summed E-state index contributed by atoms with van der Waals surface area (Å²) < 4.78 is 0. The van der Waals surface area contributed by atoms with Gasteiger partial charge in [0.15, 0.2) is 11.4 Å². The third-order valence-corrected chi connectivity index (χ3v) is 2.99. The van der Waals surface area contributed by atoms with Crippen molar-refractivity contribution in [2.45, 2.75) is 13.5 Å². The SMILES string of the molecule is [C-]#[N+]c1cc(N)c(NCc2ccc(C)cc2)cc1[N+]#[C-]. The Morgan fingerprint density at radius 1 is 1.05 bits per heavy atom. The average molecular weight is 262 g/mol. The van der Waals surface area contributed by atoms with E-state index in [0.29, 0.717) is 29.3 Å². The molecule has 0 saturated heterocycles. The lowest BCUT2D eigenvalue weighted by Gasteiger charge is -2.11. The second kappa shape index (κ2) is 5.77. The van der Waals surface area contributed by atoms with Gasteiger partial charge < -0.3 is 11.1 Å². The topological polar surface area (TPSA) is 46.8 Å². The van der Waals surface area contributed by atoms with Crippen LogP contribution in [-0.4, -0.2) is 0 Å². The van der Waals surface area contributed by atoms with Crippen LogP contribution >= 0.6 is 0 Å². The Bertz CT molecular complexity index is 703. The number of rotatable bonds is 3. The highest BCUT2D eigenvalue weighted by Gasteiger charge is 2.07. The van der Waals surface area contributed by atoms with E-state index in [1.807, 2.05) is 31.2 Å². The summed E-state index contributed by atoms with van der Waals surface area (Å²) in [5.74, 6) is 0. The van der Waals surface area contributed by atoms with E-state index in [-0.39, 0.29) is 0 Å². The molecule has 0 aliphatic rings. The average Bonchev–Trinajstić information content (AvgIpc) is 2.47. The molecule has 2 aromatic carbocycles. The molecule has 0 amide bonds. The molecule has 0 heterocycles. The van der Waals surface area contributed by atoms with Crippen LogP contribution in [0.5, 0.6) is 0 Å². The summed E-state index contributed by atoms with van der Waals surface area (Å²) in [6.45, 7) is 16.8. The Balaban J connectivity index is 2.20. The molecular formula is C16H14N4. The van der Waals surface area contributed by atoms with Crippen LogP contribution in [0.4, 0.5) is 22.7 Å². The third-order valence-electron chi connectivity index (χ3n) is 2.99. The maximum Gasteiger partial charge on any atom is 0.196 e. The van der Waals surface area contributed by atoms with Crippen LogP contribution < -0.4 is 11.1 Å². The van der Waals surface area contributed by atoms with E-state index in [4.69, 9.17) is 18.9 Å². The van der Waals surface area contributed by atoms with Gasteiger partial charge in [-0.15, -0.1) is 0 Å². The predicted octanol–water partition coefficient (Wildman–Crippen LogP) is 4.29. The van der Waals surface area contributed by atoms with Crippen LogP contribution in [0.3, 0.4) is 0 Å². The van der Waals surface area contributed by atoms with E-state index in [0.717, 1.165) is 5.56 Å². The number of aryl methyl sites for hydroxylation is 1. The van der Waals surface area contributed by atoms with Gasteiger partial charge in [0.2, 0.25) is 0 Å². The minimum Gasteiger partial charge on any atom is -0.398 e. The summed E-state index contributed by atoms with van der Waals surface area (Å²) in [6.07, 6.45) is 0. The minimum absolute atomic E-state index is 0.290. The van der Waals surface area contributed by atoms with Crippen molar-refractivity contribution in [3.63, 3.8) is 0 Å². The second-order valence-electron chi connectivity index (χ2n) is 4.49. The molecule has 98 valence electrons. The molecule has 20 heavy (non-hydrogen) atoms. The Hall–Kier alpha value is -2.98. The first-order valence-corrected chi connectivity index (χ1v) is 6.12. The normalized spacial score (nSPS) is 9.55. The van der Waals surface area contributed by atoms with Crippen LogP contribution in [0.2, 0.25) is 0 Å². The van der Waals surface area contributed by atoms with E-state index in [1.54, 1.807) is 6.07 Å². The summed E-state index contributed by atoms with van der Waals surface area (Å²) in [5.41, 5.74) is 10.0. The molecule has 3 N–H and O–H groups in total. The maximum atomic E-state index is 7.09. The fraction of sp³-hybridized carbons (Fsp3) is 0.125. The zero-order valence-corrected chi connectivity index (χ0v) is 11.1. The lowest BCUT2D eigenvalue weighted by Crippen LogP contribution is -2.02. The molecule has 0 radical (unpaired) electrons. The van der Waals surface area contributed by atoms with Crippen molar-refractivity contribution in [2.75, 3.05) is 11.1 Å². The van der Waals surface area contributed by atoms with Gasteiger partial charge >= 0.3 is 0 Å². The molecule has 2 rings (SSSR count). The van der Waals surface area contributed by atoms with Crippen molar-refractivity contribution in [3.05, 3.63) is 70.4 Å². The number of hydrogen-bond donors (Lipinski definition) is 2. The van der Waals surface area contributed by atoms with Crippen molar-refractivity contribution >= 4 is 22.7 Å². The van der Waals surface area contributed by atoms with Gasteiger partial charge in [-0.25, -0.2) is 0 Å². The van der Waals surface area contributed by atoms with Crippen LogP contribution in [0, 0.1) is 20.1 Å². The van der Waals surface area contributed by atoms with Crippen LogP contribution in [0.15, 0.2) is 36.4 Å². The number of nitrogens with one attached hydrogen (secondary N) is 1. The van der Waals surface area contributed by atoms with E-state index < -0.39 is 0 Å². The Morgan fingerprint density at radius 2 is 1.65 bits per heavy atom. The number of nitrogens with zero attached hydrogens (tertiary/aromatic N) is 2. The first-order valence-electron chi connectivity index (χ1n) is 6.12. The lowest BCUT2D eigenvalue weighted by molar-refractivity contribution is 1.15. The van der Waals surface area contributed by atoms with Crippen LogP contribution in [0.25, 0.3) is 9.69 Å². The summed E-state index contributed by atoms with van der Waals surface area (Å²) in [6, 6.07) is 11.4. The van der Waals surface area contributed by atoms with E-state index in [9.17, 15) is 0 Å². The molecule has 0 unspecified atom stereocenters. The first kappa shape index (κ1) is 13.5. The van der Waals surface area contributed by atoms with Crippen LogP contribution in [0.1, 0.15) is 11.1 Å². The maximum absolute atomic E-state index is 7.09. The highest BCUT2D eigenvalue weighted by Crippen LogP contribution is 2.35. The van der Waals surface area contributed by atoms with Gasteiger partial charge in [-0.2, -0.15) is 0 Å². The highest BCUT2D eigenvalue weighted by atomic mass is 14.9. The predicted molar refractivity (Wildman–Crippen MR) is 81.9 cm³/mol. The molecule has 4 nitrogen and oxygen atoms in total. The van der Waals surface area contributed by atoms with Gasteiger partial charge in [-0.3, -0.25) is 9.69 Å². The standard InChI is InChI=1S/C16H14N4/c1-11-4-6-12(7-5-11)10-20-14-9-16(19-3)15(18-2)8-13(14)17/h4-9,20H,10,17H2,1H3. The monoisotopic (exact) mass is 262 g/mol. The number of nitrogens with two attached hydrogens (primary N) is 1. The summed E-state index contributed by atoms with van der Waals surface area (Å²) in [5, 5.41) is 3.20. The molecule has 4 heteroatoms. The van der Waals surface area contributed by atoms with Crippen LogP contribution in [-0.2, 0) is 6.54 Å². The smallest absolute Gasteiger partial charge is 0.196 e. The van der Waals surface area contributed by atoms with Crippen molar-refractivity contribution in [3.8, 4) is 0 Å². The summed E-state index contributed by atoms with van der Waals surface area (Å²) in [4.78, 5) is 6.65. The number of hydrogen-bond acceptors (Lipinski definition) is 2. The second-order valence-corrected chi connectivity index (χ2v) is 4.49. The number of benzene rings is 2. The van der Waals surface area contributed by atoms with Crippen molar-refractivity contribution in [2.24, 2.45) is 0 Å². The van der Waals surface area contributed by atoms with Crippen molar-refractivity contribution in [1.29, 1.82) is 0 Å². The fourth-order valence-electron chi connectivity index (χ4n) is 1.83. The molecular weight excluding hydrogens is 248 g/mol. The van der Waals surface area contributed by atoms with Gasteiger partial charge in [-0.1, -0.05) is 29.8 Å². The van der Waals surface area contributed by atoms with Gasteiger partial charge in [0.05, 0.1) is 13.1 Å². The fourth-order valence-corrected chi connectivity index (χ4v) is 1.83. The zero-order valence-electron chi connectivity index (χ0n) is 11.1. The first-order chi connectivity index (χ1) is 9.63. The molecule has 0 atom stereocenters. The van der Waals surface area contributed by atoms with Crippen molar-refractivity contribution < 1.29 is 0 Å². The zero-order chi connectivity index (χ0) is 14.5. The third kappa shape index (κ3) is 2.88. The molecule has 0 bridgehead atoms. The van der Waals surface area contributed by atoms with Gasteiger partial charge in [0.25, 0.3) is 0 Å². The Labute approximate surface area is 118 Å². The van der Waals surface area contributed by atoms with Crippen molar-refractivity contribution in [1.82, 2.24) is 0 Å². The van der Waals surface area contributed by atoms with E-state index >= 15 is 0 Å². The Morgan fingerprint density at radius 3 is 2.25 bits per heavy atom. The molecule has 2 aromatic rings. The van der Waals surface area contributed by atoms with E-state index in [1.165, 1.54) is 11.6 Å². The highest BCUT2D eigenvalue weighted by molar-refractivity contribution is 5.83. The number of nitrogen functional groups attached to an aromatic ring is 1. The number of anilines is 2. The summed E-state index contributed by atoms with van der Waals surface area (Å²) >= 11 is 0. The Kier molecular flexibility index (Phi) is 3.88. The largest absolute Gasteiger partial charge is 0.398 e. The molecule has 0 aliphatic carbocycles. The van der Waals surface area contributed by atoms with Gasteiger partial charge in [0.1, 0.15) is 0 Å². The molecule has 0 aliphatic heterocycles. The molecule has 0 aromatic heterocycles. The molecule has 0 spiro atoms. The minimum atomic E-state index is 0.290. The molecule has 0 saturated carbocycles. The van der Waals surface area contributed by atoms with Gasteiger partial charge in [-0.05, 0) is 24.6 Å². The van der Waals surface area contributed by atoms with Gasteiger partial charge in [0, 0.05) is 17.9 Å². The quantitative estimate of drug-likeness (QED) is 0.640. The molecule has 0 fully saturated rings. The lowest BCUT2D eigenvalue weighted by atomic mass is 10.1.